The zero-order valence-electron chi connectivity index (χ0n) is 14.2. The van der Waals surface area contributed by atoms with E-state index in [1.54, 1.807) is 17.0 Å². The number of amides is 2. The fraction of sp³-hybridized carbons (Fsp3) is 0.556. The Hall–Kier alpha value is -1.30. The Morgan fingerprint density at radius 3 is 2.92 bits per heavy atom. The molecule has 2 aliphatic heterocycles. The van der Waals surface area contributed by atoms with Crippen LogP contribution in [0, 0.1) is 11.8 Å². The first kappa shape index (κ1) is 20.0. The molecule has 25 heavy (non-hydrogen) atoms. The lowest BCUT2D eigenvalue weighted by Gasteiger charge is -2.23. The van der Waals surface area contributed by atoms with E-state index in [-0.39, 0.29) is 24.2 Å². The van der Waals surface area contributed by atoms with Gasteiger partial charge in [0.1, 0.15) is 5.92 Å². The summed E-state index contributed by atoms with van der Waals surface area (Å²) in [6.07, 6.45) is 3.95. The quantitative estimate of drug-likeness (QED) is 0.765. The molecule has 2 aliphatic rings. The SMILES string of the molecule is Cl.O=C(NCCC1CCCNC1)C1CCN(c2cccc(Cl)c2)C1=O. The van der Waals surface area contributed by atoms with Crippen molar-refractivity contribution in [2.24, 2.45) is 11.8 Å². The van der Waals surface area contributed by atoms with Crippen molar-refractivity contribution in [1.29, 1.82) is 0 Å². The summed E-state index contributed by atoms with van der Waals surface area (Å²) in [6, 6.07) is 7.20. The molecule has 0 bridgehead atoms. The topological polar surface area (TPSA) is 61.4 Å². The van der Waals surface area contributed by atoms with Crippen molar-refractivity contribution in [3.8, 4) is 0 Å². The smallest absolute Gasteiger partial charge is 0.239 e. The molecule has 0 saturated carbocycles. The summed E-state index contributed by atoms with van der Waals surface area (Å²) >= 11 is 5.99. The van der Waals surface area contributed by atoms with Gasteiger partial charge in [-0.05, 0) is 62.9 Å². The van der Waals surface area contributed by atoms with E-state index in [1.165, 1.54) is 12.8 Å². The number of piperidine rings is 1. The predicted octanol–water partition coefficient (Wildman–Crippen LogP) is 2.62. The third kappa shape index (κ3) is 5.09. The molecule has 2 amide bonds. The second-order valence-corrected chi connectivity index (χ2v) is 7.04. The van der Waals surface area contributed by atoms with Crippen LogP contribution in [-0.4, -0.2) is 38.0 Å². The Kier molecular flexibility index (Phi) is 7.54. The standard InChI is InChI=1S/C18H24ClN3O2.ClH/c19-14-4-1-5-15(11-14)22-10-7-16(18(22)24)17(23)21-9-6-13-3-2-8-20-12-13;/h1,4-5,11,13,16,20H,2-3,6-10,12H2,(H,21,23);1H. The molecular formula is C18H25Cl2N3O2. The van der Waals surface area contributed by atoms with Crippen LogP contribution in [-0.2, 0) is 9.59 Å². The predicted molar refractivity (Wildman–Crippen MR) is 102 cm³/mol. The lowest BCUT2D eigenvalue weighted by atomic mass is 9.96. The van der Waals surface area contributed by atoms with Crippen molar-refractivity contribution in [3.05, 3.63) is 29.3 Å². The molecule has 2 heterocycles. The van der Waals surface area contributed by atoms with E-state index in [9.17, 15) is 9.59 Å². The van der Waals surface area contributed by atoms with Crippen LogP contribution < -0.4 is 15.5 Å². The van der Waals surface area contributed by atoms with Crippen LogP contribution in [0.1, 0.15) is 25.7 Å². The first-order valence-electron chi connectivity index (χ1n) is 8.70. The second-order valence-electron chi connectivity index (χ2n) is 6.60. The summed E-state index contributed by atoms with van der Waals surface area (Å²) in [4.78, 5) is 26.5. The minimum Gasteiger partial charge on any atom is -0.355 e. The van der Waals surface area contributed by atoms with Crippen LogP contribution in [0.5, 0.6) is 0 Å². The van der Waals surface area contributed by atoms with Gasteiger partial charge in [0, 0.05) is 23.8 Å². The molecule has 0 aromatic heterocycles. The van der Waals surface area contributed by atoms with E-state index in [1.807, 2.05) is 12.1 Å². The van der Waals surface area contributed by atoms with Gasteiger partial charge in [-0.15, -0.1) is 12.4 Å². The maximum absolute atomic E-state index is 12.5. The molecule has 1 aromatic rings. The number of anilines is 1. The van der Waals surface area contributed by atoms with E-state index >= 15 is 0 Å². The van der Waals surface area contributed by atoms with Gasteiger partial charge in [-0.25, -0.2) is 0 Å². The minimum atomic E-state index is -0.575. The molecule has 0 aliphatic carbocycles. The van der Waals surface area contributed by atoms with Gasteiger partial charge >= 0.3 is 0 Å². The van der Waals surface area contributed by atoms with Crippen LogP contribution in [0.15, 0.2) is 24.3 Å². The van der Waals surface area contributed by atoms with Crippen molar-refractivity contribution < 1.29 is 9.59 Å². The Balaban J connectivity index is 0.00000225. The summed E-state index contributed by atoms with van der Waals surface area (Å²) in [7, 11) is 0. The number of nitrogens with one attached hydrogen (secondary N) is 2. The summed E-state index contributed by atoms with van der Waals surface area (Å²) < 4.78 is 0. The first-order valence-corrected chi connectivity index (χ1v) is 9.08. The molecule has 3 rings (SSSR count). The average Bonchev–Trinajstić information content (AvgIpc) is 2.97. The minimum absolute atomic E-state index is 0. The van der Waals surface area contributed by atoms with Gasteiger partial charge in [0.2, 0.25) is 11.8 Å². The number of rotatable bonds is 5. The molecule has 7 heteroatoms. The van der Waals surface area contributed by atoms with Gasteiger partial charge in [-0.2, -0.15) is 0 Å². The second kappa shape index (κ2) is 9.41. The van der Waals surface area contributed by atoms with Crippen molar-refractivity contribution in [2.45, 2.75) is 25.7 Å². The zero-order valence-corrected chi connectivity index (χ0v) is 15.7. The monoisotopic (exact) mass is 385 g/mol. The van der Waals surface area contributed by atoms with Crippen LogP contribution in [0.2, 0.25) is 5.02 Å². The van der Waals surface area contributed by atoms with E-state index in [4.69, 9.17) is 11.6 Å². The van der Waals surface area contributed by atoms with Crippen LogP contribution in [0.3, 0.4) is 0 Å². The molecule has 2 atom stereocenters. The lowest BCUT2D eigenvalue weighted by Crippen LogP contribution is -2.38. The maximum Gasteiger partial charge on any atom is 0.239 e. The van der Waals surface area contributed by atoms with E-state index < -0.39 is 5.92 Å². The third-order valence-electron chi connectivity index (χ3n) is 4.89. The molecule has 5 nitrogen and oxygen atoms in total. The largest absolute Gasteiger partial charge is 0.355 e. The highest BCUT2D eigenvalue weighted by Gasteiger charge is 2.37. The highest BCUT2D eigenvalue weighted by atomic mass is 35.5. The number of carbonyl (C=O) groups excluding carboxylic acids is 2. The molecule has 2 fully saturated rings. The number of hydrogen-bond donors (Lipinski definition) is 2. The highest BCUT2D eigenvalue weighted by molar-refractivity contribution is 6.31. The van der Waals surface area contributed by atoms with Crippen molar-refractivity contribution in [2.75, 3.05) is 31.1 Å². The van der Waals surface area contributed by atoms with E-state index in [0.29, 0.717) is 30.5 Å². The molecular weight excluding hydrogens is 361 g/mol. The van der Waals surface area contributed by atoms with Gasteiger partial charge in [0.05, 0.1) is 0 Å². The highest BCUT2D eigenvalue weighted by Crippen LogP contribution is 2.27. The Bertz CT molecular complexity index is 606. The van der Waals surface area contributed by atoms with Gasteiger partial charge in [-0.3, -0.25) is 9.59 Å². The summed E-state index contributed by atoms with van der Waals surface area (Å²) in [6.45, 7) is 3.33. The fourth-order valence-corrected chi connectivity index (χ4v) is 3.70. The van der Waals surface area contributed by atoms with Gasteiger partial charge < -0.3 is 15.5 Å². The van der Waals surface area contributed by atoms with Crippen molar-refractivity contribution >= 4 is 41.5 Å². The molecule has 2 saturated heterocycles. The number of halogens is 2. The van der Waals surface area contributed by atoms with Crippen LogP contribution >= 0.6 is 24.0 Å². The van der Waals surface area contributed by atoms with Crippen LogP contribution in [0.4, 0.5) is 5.69 Å². The van der Waals surface area contributed by atoms with Gasteiger partial charge in [-0.1, -0.05) is 17.7 Å². The lowest BCUT2D eigenvalue weighted by molar-refractivity contribution is -0.132. The van der Waals surface area contributed by atoms with Gasteiger partial charge in [0.25, 0.3) is 0 Å². The third-order valence-corrected chi connectivity index (χ3v) is 5.13. The maximum atomic E-state index is 12.5. The molecule has 2 N–H and O–H groups in total. The van der Waals surface area contributed by atoms with E-state index in [0.717, 1.165) is 25.2 Å². The number of carbonyl (C=O) groups is 2. The molecule has 2 unspecified atom stereocenters. The first-order chi connectivity index (χ1) is 11.6. The fourth-order valence-electron chi connectivity index (χ4n) is 3.52. The number of benzene rings is 1. The summed E-state index contributed by atoms with van der Waals surface area (Å²) in [5.74, 6) is -0.225. The Labute approximate surface area is 159 Å². The molecule has 138 valence electrons. The average molecular weight is 386 g/mol. The van der Waals surface area contributed by atoms with Crippen LogP contribution in [0.25, 0.3) is 0 Å². The molecule has 0 radical (unpaired) electrons. The van der Waals surface area contributed by atoms with Crippen molar-refractivity contribution in [3.63, 3.8) is 0 Å². The molecule has 0 spiro atoms. The Morgan fingerprint density at radius 1 is 1.36 bits per heavy atom. The van der Waals surface area contributed by atoms with Crippen molar-refractivity contribution in [1.82, 2.24) is 10.6 Å². The normalized spacial score (nSPS) is 23.2. The summed E-state index contributed by atoms with van der Waals surface area (Å²) in [5.41, 5.74) is 0.760. The number of hydrogen-bond acceptors (Lipinski definition) is 3. The van der Waals surface area contributed by atoms with Gasteiger partial charge in [0.15, 0.2) is 0 Å². The zero-order chi connectivity index (χ0) is 16.9. The molecule has 1 aromatic carbocycles. The summed E-state index contributed by atoms with van der Waals surface area (Å²) in [5, 5.41) is 6.92. The number of nitrogens with zero attached hydrogens (tertiary/aromatic N) is 1. The van der Waals surface area contributed by atoms with E-state index in [2.05, 4.69) is 10.6 Å². The Morgan fingerprint density at radius 2 is 2.20 bits per heavy atom.